The summed E-state index contributed by atoms with van der Waals surface area (Å²) in [6.45, 7) is 2.70. The second kappa shape index (κ2) is 5.21. The second-order valence-corrected chi connectivity index (χ2v) is 4.30. The quantitative estimate of drug-likeness (QED) is 0.819. The Morgan fingerprint density at radius 2 is 2.06 bits per heavy atom. The van der Waals surface area contributed by atoms with Crippen LogP contribution in [0.5, 0.6) is 5.75 Å². The molecular formula is C13H20N2O. The molecule has 0 saturated heterocycles. The minimum Gasteiger partial charge on any atom is -0.494 e. The van der Waals surface area contributed by atoms with E-state index in [1.165, 1.54) is 12.8 Å². The molecule has 0 aliphatic heterocycles. The molecule has 1 aromatic carbocycles. The summed E-state index contributed by atoms with van der Waals surface area (Å²) >= 11 is 0. The highest BCUT2D eigenvalue weighted by Gasteiger charge is 2.23. The number of benzene rings is 1. The summed E-state index contributed by atoms with van der Waals surface area (Å²) in [5.41, 5.74) is 7.15. The van der Waals surface area contributed by atoms with Crippen LogP contribution < -0.4 is 15.8 Å². The molecule has 0 amide bonds. The van der Waals surface area contributed by atoms with E-state index in [4.69, 9.17) is 10.5 Å². The lowest BCUT2D eigenvalue weighted by atomic mass is 10.1. The fourth-order valence-electron chi connectivity index (χ4n) is 2.20. The lowest BCUT2D eigenvalue weighted by Gasteiger charge is -2.18. The van der Waals surface area contributed by atoms with E-state index in [0.29, 0.717) is 18.7 Å². The monoisotopic (exact) mass is 220 g/mol. The summed E-state index contributed by atoms with van der Waals surface area (Å²) in [6.07, 6.45) is 3.54. The number of nitrogens with two attached hydrogens (primary N) is 1. The Bertz CT molecular complexity index is 323. The van der Waals surface area contributed by atoms with Gasteiger partial charge in [0.05, 0.1) is 6.61 Å². The van der Waals surface area contributed by atoms with Gasteiger partial charge in [-0.1, -0.05) is 0 Å². The number of anilines is 1. The van der Waals surface area contributed by atoms with Gasteiger partial charge >= 0.3 is 0 Å². The number of hydrogen-bond acceptors (Lipinski definition) is 3. The van der Waals surface area contributed by atoms with Gasteiger partial charge in [-0.25, -0.2) is 0 Å². The molecule has 0 heterocycles. The highest BCUT2D eigenvalue weighted by atomic mass is 16.5. The minimum atomic E-state index is 0.298. The van der Waals surface area contributed by atoms with Crippen LogP contribution in [0.4, 0.5) is 5.69 Å². The van der Waals surface area contributed by atoms with E-state index in [9.17, 15) is 0 Å². The van der Waals surface area contributed by atoms with Gasteiger partial charge in [0.2, 0.25) is 0 Å². The fraction of sp³-hybridized carbons (Fsp3) is 0.538. The van der Waals surface area contributed by atoms with Crippen LogP contribution in [0.15, 0.2) is 24.3 Å². The molecule has 88 valence electrons. The molecule has 1 aromatic rings. The van der Waals surface area contributed by atoms with Crippen LogP contribution in [0.1, 0.15) is 26.2 Å². The lowest BCUT2D eigenvalue weighted by molar-refractivity contribution is 0.340. The van der Waals surface area contributed by atoms with E-state index in [-0.39, 0.29) is 0 Å². The molecule has 16 heavy (non-hydrogen) atoms. The van der Waals surface area contributed by atoms with Crippen LogP contribution in [0.2, 0.25) is 0 Å². The van der Waals surface area contributed by atoms with Gasteiger partial charge in [0.1, 0.15) is 5.75 Å². The summed E-state index contributed by atoms with van der Waals surface area (Å²) in [7, 11) is 0. The lowest BCUT2D eigenvalue weighted by Crippen LogP contribution is -2.35. The number of hydrogen-bond donors (Lipinski definition) is 2. The maximum Gasteiger partial charge on any atom is 0.119 e. The van der Waals surface area contributed by atoms with Gasteiger partial charge < -0.3 is 15.8 Å². The molecule has 3 nitrogen and oxygen atoms in total. The first-order chi connectivity index (χ1) is 7.79. The van der Waals surface area contributed by atoms with Crippen molar-refractivity contribution < 1.29 is 4.74 Å². The zero-order chi connectivity index (χ0) is 11.4. The van der Waals surface area contributed by atoms with Gasteiger partial charge in [-0.2, -0.15) is 0 Å². The van der Waals surface area contributed by atoms with Gasteiger partial charge in [0.25, 0.3) is 0 Å². The summed E-state index contributed by atoms with van der Waals surface area (Å²) in [6, 6.07) is 8.81. The minimum absolute atomic E-state index is 0.298. The van der Waals surface area contributed by atoms with E-state index in [1.54, 1.807) is 0 Å². The van der Waals surface area contributed by atoms with Crippen LogP contribution in [-0.4, -0.2) is 18.7 Å². The van der Waals surface area contributed by atoms with Gasteiger partial charge in [-0.15, -0.1) is 0 Å². The Balaban J connectivity index is 1.94. The normalized spacial score (nSPS) is 24.4. The first-order valence-electron chi connectivity index (χ1n) is 6.04. The first kappa shape index (κ1) is 11.3. The van der Waals surface area contributed by atoms with Crippen molar-refractivity contribution in [3.63, 3.8) is 0 Å². The van der Waals surface area contributed by atoms with Crippen molar-refractivity contribution in [2.24, 2.45) is 5.73 Å². The molecule has 2 rings (SSSR count). The number of ether oxygens (including phenoxy) is 1. The van der Waals surface area contributed by atoms with Crippen molar-refractivity contribution in [1.29, 1.82) is 0 Å². The third-order valence-electron chi connectivity index (χ3n) is 3.09. The van der Waals surface area contributed by atoms with E-state index in [2.05, 4.69) is 17.4 Å². The summed E-state index contributed by atoms with van der Waals surface area (Å²) < 4.78 is 5.40. The highest BCUT2D eigenvalue weighted by molar-refractivity contribution is 5.47. The third-order valence-corrected chi connectivity index (χ3v) is 3.09. The Labute approximate surface area is 97.0 Å². The topological polar surface area (TPSA) is 47.3 Å². The molecule has 0 bridgehead atoms. The predicted molar refractivity (Wildman–Crippen MR) is 66.8 cm³/mol. The van der Waals surface area contributed by atoms with Crippen LogP contribution >= 0.6 is 0 Å². The van der Waals surface area contributed by atoms with Crippen LogP contribution in [0, 0.1) is 0 Å². The molecular weight excluding hydrogens is 200 g/mol. The van der Waals surface area contributed by atoms with Gasteiger partial charge in [-0.3, -0.25) is 0 Å². The molecule has 1 aliphatic rings. The third kappa shape index (κ3) is 2.67. The largest absolute Gasteiger partial charge is 0.494 e. The van der Waals surface area contributed by atoms with Gasteiger partial charge in [0, 0.05) is 17.8 Å². The average Bonchev–Trinajstić information content (AvgIpc) is 2.68. The van der Waals surface area contributed by atoms with Gasteiger partial charge in [-0.05, 0) is 50.5 Å². The molecule has 0 spiro atoms. The zero-order valence-corrected chi connectivity index (χ0v) is 9.78. The first-order valence-corrected chi connectivity index (χ1v) is 6.04. The SMILES string of the molecule is CCOc1ccc(N[C@H]2CCC[C@H]2N)cc1. The Morgan fingerprint density at radius 1 is 1.31 bits per heavy atom. The highest BCUT2D eigenvalue weighted by Crippen LogP contribution is 2.23. The van der Waals surface area contributed by atoms with Crippen LogP contribution in [0.3, 0.4) is 0 Å². The molecule has 0 unspecified atom stereocenters. The molecule has 1 fully saturated rings. The number of rotatable bonds is 4. The maximum atomic E-state index is 6.02. The second-order valence-electron chi connectivity index (χ2n) is 4.30. The molecule has 1 saturated carbocycles. The average molecular weight is 220 g/mol. The molecule has 1 aliphatic carbocycles. The molecule has 3 heteroatoms. The van der Waals surface area contributed by atoms with Crippen LogP contribution in [-0.2, 0) is 0 Å². The number of nitrogens with one attached hydrogen (secondary N) is 1. The van der Waals surface area contributed by atoms with Crippen LogP contribution in [0.25, 0.3) is 0 Å². The maximum absolute atomic E-state index is 6.02. The van der Waals surface area contributed by atoms with Crippen molar-refractivity contribution in [2.75, 3.05) is 11.9 Å². The Morgan fingerprint density at radius 3 is 2.62 bits per heavy atom. The van der Waals surface area contributed by atoms with Gasteiger partial charge in [0.15, 0.2) is 0 Å². The van der Waals surface area contributed by atoms with E-state index < -0.39 is 0 Å². The molecule has 0 radical (unpaired) electrons. The molecule has 0 aromatic heterocycles. The van der Waals surface area contributed by atoms with Crippen molar-refractivity contribution >= 4 is 5.69 Å². The van der Waals surface area contributed by atoms with Crippen molar-refractivity contribution in [1.82, 2.24) is 0 Å². The van der Waals surface area contributed by atoms with E-state index in [1.807, 2.05) is 19.1 Å². The molecule has 3 N–H and O–H groups in total. The smallest absolute Gasteiger partial charge is 0.119 e. The fourth-order valence-corrected chi connectivity index (χ4v) is 2.20. The van der Waals surface area contributed by atoms with E-state index in [0.717, 1.165) is 17.9 Å². The Kier molecular flexibility index (Phi) is 3.67. The Hall–Kier alpha value is -1.22. The van der Waals surface area contributed by atoms with Crippen molar-refractivity contribution in [3.05, 3.63) is 24.3 Å². The predicted octanol–water partition coefficient (Wildman–Crippen LogP) is 2.38. The summed E-state index contributed by atoms with van der Waals surface area (Å²) in [5.74, 6) is 0.920. The van der Waals surface area contributed by atoms with E-state index >= 15 is 0 Å². The summed E-state index contributed by atoms with van der Waals surface area (Å²) in [5, 5.41) is 3.48. The standard InChI is InChI=1S/C13H20N2O/c1-2-16-11-8-6-10(7-9-11)15-13-5-3-4-12(13)14/h6-9,12-13,15H,2-5,14H2,1H3/t12-,13+/m1/s1. The van der Waals surface area contributed by atoms with Crippen molar-refractivity contribution in [3.8, 4) is 5.75 Å². The van der Waals surface area contributed by atoms with Crippen molar-refractivity contribution in [2.45, 2.75) is 38.3 Å². The summed E-state index contributed by atoms with van der Waals surface area (Å²) in [4.78, 5) is 0. The molecule has 2 atom stereocenters. The zero-order valence-electron chi connectivity index (χ0n) is 9.78.